The van der Waals surface area contributed by atoms with Crippen molar-refractivity contribution in [2.75, 3.05) is 18.0 Å². The van der Waals surface area contributed by atoms with E-state index in [1.165, 1.54) is 0 Å². The first-order valence-corrected chi connectivity index (χ1v) is 14.3. The minimum atomic E-state index is -0.321. The van der Waals surface area contributed by atoms with Gasteiger partial charge in [0.25, 0.3) is 5.91 Å². The number of β-amino-alcohol motifs (C(OH)–C–C–N with tert-alkyl or cyclic N) is 1. The lowest BCUT2D eigenvalue weighted by atomic mass is 9.85. The minimum Gasteiger partial charge on any atom is -0.391 e. The number of fused-ring (bicyclic) bond motifs is 1. The second-order valence-electron chi connectivity index (χ2n) is 11.0. The number of carbonyl (C=O) groups excluding carboxylic acids is 1. The smallest absolute Gasteiger partial charge is 0.333 e. The molecule has 0 spiro atoms. The van der Waals surface area contributed by atoms with Crippen LogP contribution < -0.4 is 15.9 Å². The summed E-state index contributed by atoms with van der Waals surface area (Å²) in [6, 6.07) is 13.5. The van der Waals surface area contributed by atoms with Crippen LogP contribution in [0, 0.1) is 12.8 Å². The number of benzene rings is 1. The van der Waals surface area contributed by atoms with E-state index in [0.717, 1.165) is 61.2 Å². The maximum atomic E-state index is 13.8. The van der Waals surface area contributed by atoms with Crippen LogP contribution in [0.1, 0.15) is 48.2 Å². The molecule has 208 valence electrons. The number of amides is 1. The van der Waals surface area contributed by atoms with Crippen LogP contribution in [0.4, 0.5) is 5.82 Å². The van der Waals surface area contributed by atoms with Crippen molar-refractivity contribution in [2.24, 2.45) is 5.92 Å². The number of aliphatic hydroxyl groups is 1. The van der Waals surface area contributed by atoms with Crippen molar-refractivity contribution < 1.29 is 9.90 Å². The van der Waals surface area contributed by atoms with Gasteiger partial charge in [0.1, 0.15) is 5.82 Å². The number of para-hydroxylation sites is 2. The molecule has 2 fully saturated rings. The summed E-state index contributed by atoms with van der Waals surface area (Å²) in [5.74, 6) is 1.00. The number of aromatic nitrogens is 4. The highest BCUT2D eigenvalue weighted by atomic mass is 35.5. The Hall–Kier alpha value is -3.69. The Morgan fingerprint density at radius 1 is 1.05 bits per heavy atom. The Morgan fingerprint density at radius 2 is 1.82 bits per heavy atom. The number of hydrogen-bond acceptors (Lipinski definition) is 6. The highest BCUT2D eigenvalue weighted by Gasteiger charge is 2.26. The number of aryl methyl sites for hydroxylation is 1. The zero-order chi connectivity index (χ0) is 27.8. The molecular formula is C30H33ClN6O3. The first kappa shape index (κ1) is 26.5. The number of hydrogen-bond donors (Lipinski definition) is 2. The van der Waals surface area contributed by atoms with Gasteiger partial charge in [0.2, 0.25) is 0 Å². The molecule has 1 aliphatic carbocycles. The molecule has 1 amide bonds. The third-order valence-corrected chi connectivity index (χ3v) is 8.44. The van der Waals surface area contributed by atoms with Crippen molar-refractivity contribution in [1.82, 2.24) is 24.4 Å². The molecule has 9 nitrogen and oxygen atoms in total. The first-order valence-electron chi connectivity index (χ1n) is 13.9. The Balaban J connectivity index is 1.16. The molecule has 2 N–H and O–H groups in total. The molecule has 1 saturated heterocycles. The maximum absolute atomic E-state index is 13.8. The average Bonchev–Trinajstić information content (AvgIpc) is 3.52. The normalized spacial score (nSPS) is 21.2. The summed E-state index contributed by atoms with van der Waals surface area (Å²) in [6.45, 7) is 3.78. The predicted molar refractivity (Wildman–Crippen MR) is 155 cm³/mol. The molecule has 2 aliphatic rings. The van der Waals surface area contributed by atoms with Crippen molar-refractivity contribution in [3.8, 4) is 5.69 Å². The number of carbonyl (C=O) groups is 1. The Labute approximate surface area is 237 Å². The number of anilines is 1. The van der Waals surface area contributed by atoms with E-state index in [1.54, 1.807) is 30.0 Å². The van der Waals surface area contributed by atoms with Crippen LogP contribution >= 0.6 is 11.6 Å². The lowest BCUT2D eigenvalue weighted by molar-refractivity contribution is 0.0919. The summed E-state index contributed by atoms with van der Waals surface area (Å²) < 4.78 is 3.61. The van der Waals surface area contributed by atoms with Crippen molar-refractivity contribution in [3.63, 3.8) is 0 Å². The summed E-state index contributed by atoms with van der Waals surface area (Å²) in [5.41, 5.74) is 3.57. The Kier molecular flexibility index (Phi) is 7.33. The number of aliphatic hydroxyl groups excluding tert-OH is 1. The topological polar surface area (TPSA) is 105 Å². The van der Waals surface area contributed by atoms with Gasteiger partial charge in [-0.1, -0.05) is 23.7 Å². The molecule has 10 heteroatoms. The van der Waals surface area contributed by atoms with Gasteiger partial charge in [-0.3, -0.25) is 18.9 Å². The number of rotatable bonds is 6. The molecule has 0 unspecified atom stereocenters. The number of nitrogens with zero attached hydrogens (tertiary/aromatic N) is 5. The Morgan fingerprint density at radius 3 is 2.52 bits per heavy atom. The van der Waals surface area contributed by atoms with E-state index in [4.69, 9.17) is 11.6 Å². The highest BCUT2D eigenvalue weighted by molar-refractivity contribution is 6.30. The SMILES string of the molecule is Cc1ncc(Cl)cc1C(=O)N[C@H]1CC[C@H](Cn2c(=O)n(-c3ccc(N4CC[C@H](O)C4)nc3)c3ccccc32)CC1. The molecule has 4 aromatic rings. The molecule has 0 bridgehead atoms. The molecule has 1 aromatic carbocycles. The van der Waals surface area contributed by atoms with Gasteiger partial charge in [0.15, 0.2) is 0 Å². The van der Waals surface area contributed by atoms with Crippen molar-refractivity contribution in [3.05, 3.63) is 81.6 Å². The monoisotopic (exact) mass is 560 g/mol. The van der Waals surface area contributed by atoms with Crippen LogP contribution in [-0.2, 0) is 6.54 Å². The van der Waals surface area contributed by atoms with Crippen LogP contribution in [0.5, 0.6) is 0 Å². The lowest BCUT2D eigenvalue weighted by Crippen LogP contribution is -2.39. The van der Waals surface area contributed by atoms with Crippen LogP contribution in [0.15, 0.2) is 59.7 Å². The standard InChI is InChI=1S/C30H33ClN6O3/c1-19-25(14-21(31)15-32-19)29(39)34-22-8-6-20(7-9-22)17-36-26-4-2-3-5-27(26)37(30(36)40)23-10-11-28(33-16-23)35-13-12-24(38)18-35/h2-5,10-11,14-16,20,22,24,38H,6-9,12-13,17-18H2,1H3,(H,34,39)/t20-,22-,24-/m0/s1. The van der Waals surface area contributed by atoms with Gasteiger partial charge in [0, 0.05) is 31.9 Å². The second-order valence-corrected chi connectivity index (χ2v) is 11.4. The lowest BCUT2D eigenvalue weighted by Gasteiger charge is -2.29. The zero-order valence-electron chi connectivity index (χ0n) is 22.5. The van der Waals surface area contributed by atoms with Crippen LogP contribution in [0.3, 0.4) is 0 Å². The van der Waals surface area contributed by atoms with E-state index in [-0.39, 0.29) is 23.7 Å². The van der Waals surface area contributed by atoms with Gasteiger partial charge in [-0.15, -0.1) is 0 Å². The summed E-state index contributed by atoms with van der Waals surface area (Å²) >= 11 is 6.05. The van der Waals surface area contributed by atoms with E-state index in [1.807, 2.05) is 41.0 Å². The fourth-order valence-corrected chi connectivity index (χ4v) is 6.19. The number of nitrogens with one attached hydrogen (secondary N) is 1. The summed E-state index contributed by atoms with van der Waals surface area (Å²) in [6.07, 6.45) is 7.25. The van der Waals surface area contributed by atoms with Gasteiger partial charge >= 0.3 is 5.69 Å². The van der Waals surface area contributed by atoms with Crippen molar-refractivity contribution in [2.45, 2.75) is 57.7 Å². The van der Waals surface area contributed by atoms with Gasteiger partial charge in [-0.05, 0) is 75.3 Å². The fraction of sp³-hybridized carbons (Fsp3) is 0.400. The summed E-state index contributed by atoms with van der Waals surface area (Å²) in [7, 11) is 0. The van der Waals surface area contributed by atoms with Crippen molar-refractivity contribution in [1.29, 1.82) is 0 Å². The van der Waals surface area contributed by atoms with E-state index >= 15 is 0 Å². The van der Waals surface area contributed by atoms with Gasteiger partial charge in [-0.2, -0.15) is 0 Å². The van der Waals surface area contributed by atoms with Gasteiger partial charge in [0.05, 0.1) is 45.3 Å². The molecule has 1 atom stereocenters. The predicted octanol–water partition coefficient (Wildman–Crippen LogP) is 4.10. The van der Waals surface area contributed by atoms with Gasteiger partial charge in [-0.25, -0.2) is 9.78 Å². The largest absolute Gasteiger partial charge is 0.391 e. The zero-order valence-corrected chi connectivity index (χ0v) is 23.2. The third-order valence-electron chi connectivity index (χ3n) is 8.23. The molecule has 40 heavy (non-hydrogen) atoms. The summed E-state index contributed by atoms with van der Waals surface area (Å²) in [5, 5.41) is 13.5. The molecule has 1 aliphatic heterocycles. The number of pyridine rings is 2. The first-order chi connectivity index (χ1) is 19.4. The molecule has 0 radical (unpaired) electrons. The van der Waals surface area contributed by atoms with Gasteiger partial charge < -0.3 is 15.3 Å². The number of imidazole rings is 1. The van der Waals surface area contributed by atoms with E-state index in [0.29, 0.717) is 35.3 Å². The molecule has 6 rings (SSSR count). The van der Waals surface area contributed by atoms with Crippen molar-refractivity contribution >= 4 is 34.4 Å². The molecular weight excluding hydrogens is 528 g/mol. The van der Waals surface area contributed by atoms with Crippen LogP contribution in [0.25, 0.3) is 16.7 Å². The van der Waals surface area contributed by atoms with E-state index < -0.39 is 0 Å². The molecule has 3 aromatic heterocycles. The maximum Gasteiger partial charge on any atom is 0.333 e. The summed E-state index contributed by atoms with van der Waals surface area (Å²) in [4.78, 5) is 37.4. The van der Waals surface area contributed by atoms with Crippen LogP contribution in [-0.4, -0.2) is 55.4 Å². The minimum absolute atomic E-state index is 0.0771. The molecule has 1 saturated carbocycles. The Bertz CT molecular complexity index is 1590. The fourth-order valence-electron chi connectivity index (χ4n) is 6.03. The third kappa shape index (κ3) is 5.23. The second kappa shape index (κ2) is 11.1. The van der Waals surface area contributed by atoms with E-state index in [9.17, 15) is 14.7 Å². The highest BCUT2D eigenvalue weighted by Crippen LogP contribution is 2.28. The van der Waals surface area contributed by atoms with E-state index in [2.05, 4.69) is 20.2 Å². The number of halogens is 1. The quantitative estimate of drug-likeness (QED) is 0.368. The van der Waals surface area contributed by atoms with Crippen LogP contribution in [0.2, 0.25) is 5.02 Å². The molecule has 4 heterocycles. The average molecular weight is 561 g/mol.